The molecule has 0 unspecified atom stereocenters. The number of carbonyl (C=O) groups excluding carboxylic acids is 2. The second-order valence-electron chi connectivity index (χ2n) is 2.10. The highest BCUT2D eigenvalue weighted by atomic mass is 16.2. The summed E-state index contributed by atoms with van der Waals surface area (Å²) in [7, 11) is 0. The van der Waals surface area contributed by atoms with E-state index in [0.717, 1.165) is 0 Å². The summed E-state index contributed by atoms with van der Waals surface area (Å²) in [6.45, 7) is 0.465. The first kappa shape index (κ1) is 7.74. The smallest absolute Gasteiger partial charge is 0.326 e. The van der Waals surface area contributed by atoms with Crippen LogP contribution in [0.5, 0.6) is 0 Å². The molecule has 3 amide bonds. The Morgan fingerprint density at radius 1 is 1.36 bits per heavy atom. The molecule has 0 aliphatic carbocycles. The molecule has 1 saturated heterocycles. The first-order valence-electron chi connectivity index (χ1n) is 3.26. The van der Waals surface area contributed by atoms with Crippen molar-refractivity contribution in [3.63, 3.8) is 0 Å². The van der Waals surface area contributed by atoms with Crippen LogP contribution in [0.2, 0.25) is 0 Å². The van der Waals surface area contributed by atoms with E-state index in [0.29, 0.717) is 18.7 Å². The van der Waals surface area contributed by atoms with Crippen LogP contribution in [0.3, 0.4) is 0 Å². The lowest BCUT2D eigenvalue weighted by atomic mass is 10.3. The maximum atomic E-state index is 10.8. The molecule has 0 aromatic heterocycles. The van der Waals surface area contributed by atoms with Crippen LogP contribution in [0, 0.1) is 0 Å². The van der Waals surface area contributed by atoms with Crippen LogP contribution >= 0.6 is 0 Å². The van der Waals surface area contributed by atoms with Gasteiger partial charge in [-0.3, -0.25) is 10.1 Å². The van der Waals surface area contributed by atoms with E-state index < -0.39 is 6.03 Å². The van der Waals surface area contributed by atoms with Gasteiger partial charge < -0.3 is 11.1 Å². The Morgan fingerprint density at radius 3 is 2.55 bits per heavy atom. The molecule has 0 atom stereocenters. The zero-order chi connectivity index (χ0) is 8.27. The van der Waals surface area contributed by atoms with E-state index in [4.69, 9.17) is 5.73 Å². The molecule has 1 aliphatic heterocycles. The predicted molar refractivity (Wildman–Crippen MR) is 38.4 cm³/mol. The summed E-state index contributed by atoms with van der Waals surface area (Å²) < 4.78 is 0. The summed E-state index contributed by atoms with van der Waals surface area (Å²) in [5.41, 5.74) is 5.49. The van der Waals surface area contributed by atoms with E-state index >= 15 is 0 Å². The predicted octanol–water partition coefficient (Wildman–Crippen LogP) is -0.942. The number of nitrogens with two attached hydrogens (primary N) is 1. The standard InChI is InChI=1S/C6H9N3O2/c7-3-1-2-4-5(10)9-6(11)8-4/h2H,1,3,7H2,(H2,8,9,10,11). The van der Waals surface area contributed by atoms with E-state index in [9.17, 15) is 9.59 Å². The molecule has 60 valence electrons. The minimum absolute atomic E-state index is 0.292. The van der Waals surface area contributed by atoms with Gasteiger partial charge in [0.05, 0.1) is 0 Å². The van der Waals surface area contributed by atoms with Gasteiger partial charge in [0.1, 0.15) is 5.70 Å². The van der Waals surface area contributed by atoms with Gasteiger partial charge in [-0.1, -0.05) is 6.08 Å². The first-order valence-corrected chi connectivity index (χ1v) is 3.26. The van der Waals surface area contributed by atoms with Gasteiger partial charge in [-0.25, -0.2) is 4.79 Å². The lowest BCUT2D eigenvalue weighted by molar-refractivity contribution is -0.115. The number of hydrogen-bond donors (Lipinski definition) is 3. The maximum absolute atomic E-state index is 10.8. The largest absolute Gasteiger partial charge is 0.330 e. The molecule has 1 fully saturated rings. The molecule has 1 heterocycles. The van der Waals surface area contributed by atoms with Crippen LogP contribution in [0.15, 0.2) is 11.8 Å². The molecular formula is C6H9N3O2. The van der Waals surface area contributed by atoms with Gasteiger partial charge in [-0.15, -0.1) is 0 Å². The van der Waals surface area contributed by atoms with Gasteiger partial charge in [0.2, 0.25) is 0 Å². The van der Waals surface area contributed by atoms with Gasteiger partial charge >= 0.3 is 6.03 Å². The molecule has 5 nitrogen and oxygen atoms in total. The lowest BCUT2D eigenvalue weighted by Gasteiger charge is -1.90. The minimum atomic E-state index is -0.474. The second kappa shape index (κ2) is 3.16. The van der Waals surface area contributed by atoms with Gasteiger partial charge in [-0.2, -0.15) is 0 Å². The Kier molecular flexibility index (Phi) is 2.22. The molecule has 4 N–H and O–H groups in total. The third-order valence-corrected chi connectivity index (χ3v) is 1.24. The molecule has 0 spiro atoms. The molecule has 5 heteroatoms. The van der Waals surface area contributed by atoms with E-state index in [1.165, 1.54) is 0 Å². The Hall–Kier alpha value is -1.36. The van der Waals surface area contributed by atoms with Crippen molar-refractivity contribution < 1.29 is 9.59 Å². The van der Waals surface area contributed by atoms with Gasteiger partial charge in [0.25, 0.3) is 5.91 Å². The Labute approximate surface area is 63.6 Å². The SMILES string of the molecule is NCCC=C1NC(=O)NC1=O. The zero-order valence-electron chi connectivity index (χ0n) is 5.89. The van der Waals surface area contributed by atoms with Crippen LogP contribution in [0.25, 0.3) is 0 Å². The van der Waals surface area contributed by atoms with Crippen molar-refractivity contribution >= 4 is 11.9 Å². The van der Waals surface area contributed by atoms with Crippen LogP contribution < -0.4 is 16.4 Å². The number of urea groups is 1. The quantitative estimate of drug-likeness (QED) is 0.355. The number of imide groups is 1. The molecule has 0 bridgehead atoms. The van der Waals surface area contributed by atoms with Crippen molar-refractivity contribution in [2.24, 2.45) is 5.73 Å². The Balaban J connectivity index is 2.59. The molecule has 0 aromatic rings. The lowest BCUT2D eigenvalue weighted by Crippen LogP contribution is -2.22. The third kappa shape index (κ3) is 1.78. The van der Waals surface area contributed by atoms with E-state index in [2.05, 4.69) is 10.6 Å². The van der Waals surface area contributed by atoms with Crippen LogP contribution in [0.1, 0.15) is 6.42 Å². The van der Waals surface area contributed by atoms with Crippen molar-refractivity contribution in [3.8, 4) is 0 Å². The Bertz CT molecular complexity index is 222. The van der Waals surface area contributed by atoms with Gasteiger partial charge in [-0.05, 0) is 13.0 Å². The van der Waals surface area contributed by atoms with Crippen molar-refractivity contribution in [1.82, 2.24) is 10.6 Å². The summed E-state index contributed by atoms with van der Waals surface area (Å²) in [6.07, 6.45) is 2.18. The van der Waals surface area contributed by atoms with E-state index in [-0.39, 0.29) is 5.91 Å². The zero-order valence-corrected chi connectivity index (χ0v) is 5.89. The summed E-state index contributed by atoms with van der Waals surface area (Å²) in [5.74, 6) is -0.386. The van der Waals surface area contributed by atoms with Crippen molar-refractivity contribution in [2.45, 2.75) is 6.42 Å². The highest BCUT2D eigenvalue weighted by Crippen LogP contribution is 1.97. The highest BCUT2D eigenvalue weighted by Gasteiger charge is 2.21. The molecule has 11 heavy (non-hydrogen) atoms. The molecule has 1 aliphatic rings. The van der Waals surface area contributed by atoms with Gasteiger partial charge in [0.15, 0.2) is 0 Å². The summed E-state index contributed by atoms with van der Waals surface area (Å²) in [4.78, 5) is 21.3. The van der Waals surface area contributed by atoms with E-state index in [1.807, 2.05) is 0 Å². The molecule has 1 rings (SSSR count). The number of amides is 3. The topological polar surface area (TPSA) is 84.2 Å². The third-order valence-electron chi connectivity index (χ3n) is 1.24. The average Bonchev–Trinajstić information content (AvgIpc) is 2.26. The summed E-state index contributed by atoms with van der Waals surface area (Å²) in [6, 6.07) is -0.474. The van der Waals surface area contributed by atoms with E-state index in [1.54, 1.807) is 6.08 Å². The van der Waals surface area contributed by atoms with Gasteiger partial charge in [0, 0.05) is 0 Å². The average molecular weight is 155 g/mol. The number of hydrogen-bond acceptors (Lipinski definition) is 3. The first-order chi connectivity index (χ1) is 5.24. The molecule has 0 radical (unpaired) electrons. The summed E-state index contributed by atoms with van der Waals surface area (Å²) in [5, 5.41) is 4.42. The molecule has 0 saturated carbocycles. The Morgan fingerprint density at radius 2 is 2.09 bits per heavy atom. The monoisotopic (exact) mass is 155 g/mol. The molecule has 0 aromatic carbocycles. The van der Waals surface area contributed by atoms with Crippen LogP contribution in [-0.4, -0.2) is 18.5 Å². The van der Waals surface area contributed by atoms with Crippen molar-refractivity contribution in [3.05, 3.63) is 11.8 Å². The number of carbonyl (C=O) groups is 2. The van der Waals surface area contributed by atoms with Crippen molar-refractivity contribution in [1.29, 1.82) is 0 Å². The fourth-order valence-electron chi connectivity index (χ4n) is 0.752. The van der Waals surface area contributed by atoms with Crippen LogP contribution in [-0.2, 0) is 4.79 Å². The highest BCUT2D eigenvalue weighted by molar-refractivity contribution is 6.11. The summed E-state index contributed by atoms with van der Waals surface area (Å²) >= 11 is 0. The fraction of sp³-hybridized carbons (Fsp3) is 0.333. The molecular weight excluding hydrogens is 146 g/mol. The number of rotatable bonds is 2. The second-order valence-corrected chi connectivity index (χ2v) is 2.10. The maximum Gasteiger partial charge on any atom is 0.326 e. The number of nitrogens with one attached hydrogen (secondary N) is 2. The normalized spacial score (nSPS) is 20.3. The minimum Gasteiger partial charge on any atom is -0.330 e. The van der Waals surface area contributed by atoms with Crippen LogP contribution in [0.4, 0.5) is 4.79 Å². The fourth-order valence-corrected chi connectivity index (χ4v) is 0.752. The van der Waals surface area contributed by atoms with Crippen molar-refractivity contribution in [2.75, 3.05) is 6.54 Å².